The molecule has 3 N–H and O–H groups in total. The first-order chi connectivity index (χ1) is 11.1. The van der Waals surface area contributed by atoms with Gasteiger partial charge in [0.05, 0.1) is 22.5 Å². The topological polar surface area (TPSA) is 113 Å². The van der Waals surface area contributed by atoms with Crippen molar-refractivity contribution < 1.29 is 21.9 Å². The van der Waals surface area contributed by atoms with Crippen LogP contribution < -0.4 is 10.0 Å². The second kappa shape index (κ2) is 7.49. The van der Waals surface area contributed by atoms with Crippen LogP contribution in [0.3, 0.4) is 0 Å². The van der Waals surface area contributed by atoms with Crippen LogP contribution in [0.15, 0.2) is 29.2 Å². The predicted molar refractivity (Wildman–Crippen MR) is 92.2 cm³/mol. The molecule has 0 aromatic heterocycles. The Bertz CT molecular complexity index is 758. The summed E-state index contributed by atoms with van der Waals surface area (Å²) in [4.78, 5) is 0.190. The van der Waals surface area contributed by atoms with Crippen molar-refractivity contribution in [3.8, 4) is 0 Å². The summed E-state index contributed by atoms with van der Waals surface area (Å²) in [5.41, 5.74) is 1.06. The van der Waals surface area contributed by atoms with E-state index in [2.05, 4.69) is 10.0 Å². The highest BCUT2D eigenvalue weighted by Gasteiger charge is 2.35. The lowest BCUT2D eigenvalue weighted by Gasteiger charge is -2.15. The molecule has 24 heavy (non-hydrogen) atoms. The van der Waals surface area contributed by atoms with Gasteiger partial charge in [-0.05, 0) is 23.6 Å². The minimum absolute atomic E-state index is 0.109. The number of nitrogens with one attached hydrogen (secondary N) is 2. The second-order valence-corrected chi connectivity index (χ2v) is 10.2. The molecule has 136 valence electrons. The molecule has 0 saturated carbocycles. The molecule has 0 aliphatic carbocycles. The maximum atomic E-state index is 12.2. The van der Waals surface area contributed by atoms with E-state index in [9.17, 15) is 21.9 Å². The average Bonchev–Trinajstić information content (AvgIpc) is 2.76. The van der Waals surface area contributed by atoms with Crippen molar-refractivity contribution in [3.63, 3.8) is 0 Å². The van der Waals surface area contributed by atoms with Gasteiger partial charge in [0.1, 0.15) is 0 Å². The third-order valence-electron chi connectivity index (χ3n) is 4.00. The van der Waals surface area contributed by atoms with Gasteiger partial charge in [0.15, 0.2) is 9.84 Å². The number of benzene rings is 1. The van der Waals surface area contributed by atoms with Gasteiger partial charge in [-0.2, -0.15) is 0 Å². The van der Waals surface area contributed by atoms with Crippen molar-refractivity contribution in [3.05, 3.63) is 29.8 Å². The molecule has 1 fully saturated rings. The van der Waals surface area contributed by atoms with E-state index < -0.39 is 32.0 Å². The van der Waals surface area contributed by atoms with Gasteiger partial charge in [-0.3, -0.25) is 0 Å². The molecule has 1 saturated heterocycles. The average molecular weight is 377 g/mol. The lowest BCUT2D eigenvalue weighted by molar-refractivity contribution is 0.166. The molecule has 0 spiro atoms. The van der Waals surface area contributed by atoms with E-state index in [1.165, 1.54) is 0 Å². The third kappa shape index (κ3) is 5.00. The van der Waals surface area contributed by atoms with Gasteiger partial charge in [-0.25, -0.2) is 21.6 Å². The number of hydrogen-bond donors (Lipinski definition) is 3. The zero-order valence-corrected chi connectivity index (χ0v) is 15.4. The van der Waals surface area contributed by atoms with E-state index in [-0.39, 0.29) is 29.5 Å². The monoisotopic (exact) mass is 376 g/mol. The summed E-state index contributed by atoms with van der Waals surface area (Å²) in [6.07, 6.45) is -0.949. The second-order valence-electron chi connectivity index (χ2n) is 6.33. The molecule has 7 nitrogen and oxygen atoms in total. The molecule has 1 heterocycles. The van der Waals surface area contributed by atoms with Crippen LogP contribution in [0.1, 0.15) is 25.3 Å². The Morgan fingerprint density at radius 3 is 2.29 bits per heavy atom. The first kappa shape index (κ1) is 19.3. The van der Waals surface area contributed by atoms with Gasteiger partial charge in [0, 0.05) is 19.1 Å². The number of aliphatic hydroxyl groups is 1. The predicted octanol–water partition coefficient (Wildman–Crippen LogP) is -0.164. The van der Waals surface area contributed by atoms with Gasteiger partial charge >= 0.3 is 0 Å². The van der Waals surface area contributed by atoms with E-state index in [1.54, 1.807) is 24.3 Å². The molecule has 1 aliphatic rings. The lowest BCUT2D eigenvalue weighted by Crippen LogP contribution is -2.42. The molecule has 1 aliphatic heterocycles. The summed E-state index contributed by atoms with van der Waals surface area (Å²) < 4.78 is 49.6. The van der Waals surface area contributed by atoms with E-state index in [4.69, 9.17) is 0 Å². The van der Waals surface area contributed by atoms with E-state index in [0.717, 1.165) is 5.56 Å². The number of rotatable bonds is 7. The smallest absolute Gasteiger partial charge is 0.240 e. The maximum Gasteiger partial charge on any atom is 0.240 e. The Morgan fingerprint density at radius 2 is 1.79 bits per heavy atom. The van der Waals surface area contributed by atoms with Gasteiger partial charge in [0.25, 0.3) is 0 Å². The van der Waals surface area contributed by atoms with Gasteiger partial charge < -0.3 is 10.4 Å². The molecule has 0 unspecified atom stereocenters. The molecule has 2 rings (SSSR count). The Kier molecular flexibility index (Phi) is 6.03. The molecule has 1 aromatic rings. The van der Waals surface area contributed by atoms with Crippen molar-refractivity contribution in [2.75, 3.05) is 24.6 Å². The van der Waals surface area contributed by atoms with Crippen molar-refractivity contribution in [1.29, 1.82) is 0 Å². The Labute approximate surface area is 143 Å². The van der Waals surface area contributed by atoms with Crippen LogP contribution in [0.25, 0.3) is 0 Å². The normalized spacial score (nSPS) is 23.7. The molecular formula is C15H24N2O5S2. The van der Waals surface area contributed by atoms with Crippen LogP contribution in [0, 0.1) is 0 Å². The first-order valence-corrected chi connectivity index (χ1v) is 11.1. The summed E-state index contributed by atoms with van der Waals surface area (Å²) in [6, 6.07) is 6.16. The Hall–Kier alpha value is -1.00. The van der Waals surface area contributed by atoms with E-state index >= 15 is 0 Å². The molecule has 1 aromatic carbocycles. The Balaban J connectivity index is 1.85. The molecular weight excluding hydrogens is 352 g/mol. The van der Waals surface area contributed by atoms with Crippen LogP contribution in [0.5, 0.6) is 0 Å². The number of sulfone groups is 1. The van der Waals surface area contributed by atoms with Gasteiger partial charge in [0.2, 0.25) is 10.0 Å². The number of aliphatic hydroxyl groups excluding tert-OH is 1. The SMILES string of the molecule is CC(C)c1ccc(S(=O)(=O)NCCN[C@H]2CS(=O)(=O)C[C@@H]2O)cc1. The largest absolute Gasteiger partial charge is 0.390 e. The summed E-state index contributed by atoms with van der Waals surface area (Å²) in [5.74, 6) is -0.0519. The van der Waals surface area contributed by atoms with Gasteiger partial charge in [-0.1, -0.05) is 26.0 Å². The molecule has 0 amide bonds. The van der Waals surface area contributed by atoms with Crippen molar-refractivity contribution in [1.82, 2.24) is 10.0 Å². The number of hydrogen-bond acceptors (Lipinski definition) is 6. The summed E-state index contributed by atoms with van der Waals surface area (Å²) >= 11 is 0. The Morgan fingerprint density at radius 1 is 1.17 bits per heavy atom. The van der Waals surface area contributed by atoms with Gasteiger partial charge in [-0.15, -0.1) is 0 Å². The number of sulfonamides is 1. The highest BCUT2D eigenvalue weighted by molar-refractivity contribution is 7.91. The zero-order valence-electron chi connectivity index (χ0n) is 13.8. The first-order valence-electron chi connectivity index (χ1n) is 7.82. The quantitative estimate of drug-likeness (QED) is 0.570. The van der Waals surface area contributed by atoms with Crippen molar-refractivity contribution >= 4 is 19.9 Å². The summed E-state index contributed by atoms with van der Waals surface area (Å²) in [6.45, 7) is 4.41. The van der Waals surface area contributed by atoms with Crippen LogP contribution in [-0.4, -0.2) is 58.7 Å². The molecule has 0 bridgehead atoms. The van der Waals surface area contributed by atoms with Crippen LogP contribution in [0.4, 0.5) is 0 Å². The fourth-order valence-electron chi connectivity index (χ4n) is 2.58. The highest BCUT2D eigenvalue weighted by Crippen LogP contribution is 2.17. The standard InChI is InChI=1S/C15H24N2O5S2/c1-11(2)12-3-5-13(6-4-12)24(21,22)17-8-7-16-14-9-23(19,20)10-15(14)18/h3-6,11,14-18H,7-10H2,1-2H3/t14-,15-/m0/s1. The minimum atomic E-state index is -3.61. The van der Waals surface area contributed by atoms with Crippen molar-refractivity contribution in [2.24, 2.45) is 0 Å². The summed E-state index contributed by atoms with van der Waals surface area (Å²) in [7, 11) is -6.82. The van der Waals surface area contributed by atoms with Crippen LogP contribution in [-0.2, 0) is 19.9 Å². The third-order valence-corrected chi connectivity index (χ3v) is 7.20. The van der Waals surface area contributed by atoms with Crippen LogP contribution >= 0.6 is 0 Å². The zero-order chi connectivity index (χ0) is 18.0. The minimum Gasteiger partial charge on any atom is -0.390 e. The summed E-state index contributed by atoms with van der Waals surface area (Å²) in [5, 5.41) is 12.5. The van der Waals surface area contributed by atoms with E-state index in [0.29, 0.717) is 5.92 Å². The lowest BCUT2D eigenvalue weighted by atomic mass is 10.0. The fourth-order valence-corrected chi connectivity index (χ4v) is 5.39. The van der Waals surface area contributed by atoms with E-state index in [1.807, 2.05) is 13.8 Å². The molecule has 0 radical (unpaired) electrons. The molecule has 9 heteroatoms. The molecule has 2 atom stereocenters. The van der Waals surface area contributed by atoms with Crippen LogP contribution in [0.2, 0.25) is 0 Å². The van der Waals surface area contributed by atoms with Crippen molar-refractivity contribution in [2.45, 2.75) is 36.8 Å². The fraction of sp³-hybridized carbons (Fsp3) is 0.600. The highest BCUT2D eigenvalue weighted by atomic mass is 32.2. The maximum absolute atomic E-state index is 12.2.